The zero-order valence-corrected chi connectivity index (χ0v) is 7.39. The molecule has 0 atom stereocenters. The van der Waals surface area contributed by atoms with Crippen LogP contribution in [0.4, 0.5) is 0 Å². The highest BCUT2D eigenvalue weighted by Crippen LogP contribution is 2.12. The Balaban J connectivity index is 0.000000292. The third-order valence-corrected chi connectivity index (χ3v) is 1.40. The Bertz CT molecular complexity index is 166. The van der Waals surface area contributed by atoms with Gasteiger partial charge in [-0.05, 0) is 32.8 Å². The maximum absolute atomic E-state index is 10.6. The van der Waals surface area contributed by atoms with Gasteiger partial charge in [0, 0.05) is 6.42 Å². The second kappa shape index (κ2) is 5.90. The van der Waals surface area contributed by atoms with Crippen molar-refractivity contribution in [3.05, 3.63) is 24.3 Å². The second-order valence-corrected chi connectivity index (χ2v) is 2.72. The molecule has 0 spiro atoms. The lowest BCUT2D eigenvalue weighted by molar-refractivity contribution is -0.115. The van der Waals surface area contributed by atoms with Crippen LogP contribution in [0.5, 0.6) is 0 Å². The Morgan fingerprint density at radius 1 is 1.55 bits per heavy atom. The number of carbonyl (C=O) groups excluding carboxylic acids is 1. The summed E-state index contributed by atoms with van der Waals surface area (Å²) in [7, 11) is 0. The second-order valence-electron chi connectivity index (χ2n) is 2.72. The first-order valence-corrected chi connectivity index (χ1v) is 3.97. The molecule has 1 nitrogen and oxygen atoms in total. The number of carbonyl (C=O) groups is 1. The predicted molar refractivity (Wildman–Crippen MR) is 48.5 cm³/mol. The molecule has 0 amide bonds. The molecule has 11 heavy (non-hydrogen) atoms. The lowest BCUT2D eigenvalue weighted by Crippen LogP contribution is -1.99. The fraction of sp³-hybridized carbons (Fsp3) is 0.500. The summed E-state index contributed by atoms with van der Waals surface area (Å²) in [5.74, 6) is 0.300. The standard InChI is InChI=1S/C7H10O.C3H6/c1-6-3-2-4-7(8)5-6;1-3-2/h5H,2-4H2,1H3;3H,1H2,2H3. The van der Waals surface area contributed by atoms with Crippen LogP contribution in [0.15, 0.2) is 24.3 Å². The first-order valence-electron chi connectivity index (χ1n) is 3.97. The molecule has 0 N–H and O–H groups in total. The Morgan fingerprint density at radius 3 is 2.36 bits per heavy atom. The fourth-order valence-electron chi connectivity index (χ4n) is 0.961. The highest BCUT2D eigenvalue weighted by atomic mass is 16.1. The molecule has 0 saturated heterocycles. The molecule has 1 aliphatic carbocycles. The molecule has 0 bridgehead atoms. The van der Waals surface area contributed by atoms with Crippen molar-refractivity contribution in [1.82, 2.24) is 0 Å². The molecule has 0 heterocycles. The molecule has 0 aromatic rings. The van der Waals surface area contributed by atoms with Gasteiger partial charge in [0.15, 0.2) is 5.78 Å². The number of ketones is 1. The average molecular weight is 152 g/mol. The zero-order chi connectivity index (χ0) is 8.69. The topological polar surface area (TPSA) is 17.1 Å². The van der Waals surface area contributed by atoms with Gasteiger partial charge in [-0.1, -0.05) is 11.6 Å². The van der Waals surface area contributed by atoms with Gasteiger partial charge >= 0.3 is 0 Å². The van der Waals surface area contributed by atoms with E-state index < -0.39 is 0 Å². The zero-order valence-electron chi connectivity index (χ0n) is 7.39. The van der Waals surface area contributed by atoms with Crippen molar-refractivity contribution in [1.29, 1.82) is 0 Å². The molecule has 0 aromatic heterocycles. The largest absolute Gasteiger partial charge is 0.295 e. The molecule has 1 heteroatoms. The molecule has 0 aromatic carbocycles. The van der Waals surface area contributed by atoms with Crippen LogP contribution in [0.3, 0.4) is 0 Å². The summed E-state index contributed by atoms with van der Waals surface area (Å²) < 4.78 is 0. The Morgan fingerprint density at radius 2 is 2.09 bits per heavy atom. The van der Waals surface area contributed by atoms with Crippen molar-refractivity contribution < 1.29 is 4.79 Å². The highest BCUT2D eigenvalue weighted by Gasteiger charge is 2.04. The fourth-order valence-corrected chi connectivity index (χ4v) is 0.961. The van der Waals surface area contributed by atoms with Crippen LogP contribution in [0.25, 0.3) is 0 Å². The number of hydrogen-bond acceptors (Lipinski definition) is 1. The molecule has 1 aliphatic rings. The normalized spacial score (nSPS) is 16.2. The smallest absolute Gasteiger partial charge is 0.155 e. The molecule has 0 unspecified atom stereocenters. The van der Waals surface area contributed by atoms with Gasteiger partial charge in [-0.3, -0.25) is 4.79 Å². The van der Waals surface area contributed by atoms with E-state index in [0.717, 1.165) is 19.3 Å². The van der Waals surface area contributed by atoms with Gasteiger partial charge in [0.05, 0.1) is 0 Å². The molecule has 62 valence electrons. The number of rotatable bonds is 0. The molecule has 0 aliphatic heterocycles. The van der Waals surface area contributed by atoms with E-state index in [1.807, 2.05) is 13.8 Å². The van der Waals surface area contributed by atoms with Crippen LogP contribution >= 0.6 is 0 Å². The van der Waals surface area contributed by atoms with Crippen molar-refractivity contribution in [2.24, 2.45) is 0 Å². The first-order chi connectivity index (χ1) is 5.20. The van der Waals surface area contributed by atoms with E-state index in [1.54, 1.807) is 12.2 Å². The Kier molecular flexibility index (Phi) is 5.44. The molecule has 0 fully saturated rings. The molecular weight excluding hydrogens is 136 g/mol. The number of hydrogen-bond donors (Lipinski definition) is 0. The Labute approximate surface area is 68.8 Å². The minimum absolute atomic E-state index is 0.300. The highest BCUT2D eigenvalue weighted by molar-refractivity contribution is 5.90. The van der Waals surface area contributed by atoms with Gasteiger partial charge in [-0.2, -0.15) is 0 Å². The monoisotopic (exact) mass is 152 g/mol. The van der Waals surface area contributed by atoms with Crippen LogP contribution in [0.2, 0.25) is 0 Å². The summed E-state index contributed by atoms with van der Waals surface area (Å²) in [5, 5.41) is 0. The summed E-state index contributed by atoms with van der Waals surface area (Å²) in [6.45, 7) is 7.26. The summed E-state index contributed by atoms with van der Waals surface area (Å²) in [4.78, 5) is 10.6. The maximum atomic E-state index is 10.6. The summed E-state index contributed by atoms with van der Waals surface area (Å²) in [5.41, 5.74) is 1.24. The van der Waals surface area contributed by atoms with Gasteiger partial charge in [0.1, 0.15) is 0 Å². The molecular formula is C10H16O. The van der Waals surface area contributed by atoms with Crippen LogP contribution < -0.4 is 0 Å². The van der Waals surface area contributed by atoms with Crippen LogP contribution in [-0.2, 0) is 4.79 Å². The van der Waals surface area contributed by atoms with Gasteiger partial charge in [0.2, 0.25) is 0 Å². The third-order valence-electron chi connectivity index (χ3n) is 1.40. The van der Waals surface area contributed by atoms with E-state index in [-0.39, 0.29) is 0 Å². The average Bonchev–Trinajstić information content (AvgIpc) is 1.88. The molecule has 1 rings (SSSR count). The van der Waals surface area contributed by atoms with Crippen LogP contribution in [0, 0.1) is 0 Å². The minimum Gasteiger partial charge on any atom is -0.295 e. The van der Waals surface area contributed by atoms with E-state index in [9.17, 15) is 4.79 Å². The van der Waals surface area contributed by atoms with E-state index in [2.05, 4.69) is 6.58 Å². The quantitative estimate of drug-likeness (QED) is 0.488. The van der Waals surface area contributed by atoms with Gasteiger partial charge in [-0.15, -0.1) is 6.58 Å². The molecule has 0 saturated carbocycles. The molecule has 0 radical (unpaired) electrons. The summed E-state index contributed by atoms with van der Waals surface area (Å²) in [6, 6.07) is 0. The van der Waals surface area contributed by atoms with Crippen LogP contribution in [-0.4, -0.2) is 5.78 Å². The Hall–Kier alpha value is -0.850. The van der Waals surface area contributed by atoms with Crippen molar-refractivity contribution in [2.45, 2.75) is 33.1 Å². The van der Waals surface area contributed by atoms with E-state index >= 15 is 0 Å². The lowest BCUT2D eigenvalue weighted by Gasteiger charge is -2.04. The van der Waals surface area contributed by atoms with Gasteiger partial charge < -0.3 is 0 Å². The van der Waals surface area contributed by atoms with Crippen molar-refractivity contribution in [2.75, 3.05) is 0 Å². The van der Waals surface area contributed by atoms with Crippen molar-refractivity contribution in [3.8, 4) is 0 Å². The maximum Gasteiger partial charge on any atom is 0.155 e. The third kappa shape index (κ3) is 5.59. The van der Waals surface area contributed by atoms with Crippen LogP contribution in [0.1, 0.15) is 33.1 Å². The predicted octanol–water partition coefficient (Wildman–Crippen LogP) is 2.88. The van der Waals surface area contributed by atoms with E-state index in [1.165, 1.54) is 5.57 Å². The van der Waals surface area contributed by atoms with E-state index in [0.29, 0.717) is 5.78 Å². The first kappa shape index (κ1) is 10.2. The SMILES string of the molecule is C=CC.CC1=CC(=O)CCC1. The lowest BCUT2D eigenvalue weighted by atomic mass is 10.0. The minimum atomic E-state index is 0.300. The summed E-state index contributed by atoms with van der Waals surface area (Å²) >= 11 is 0. The number of allylic oxidation sites excluding steroid dienone is 3. The van der Waals surface area contributed by atoms with Gasteiger partial charge in [-0.25, -0.2) is 0 Å². The van der Waals surface area contributed by atoms with Crippen molar-refractivity contribution >= 4 is 5.78 Å². The van der Waals surface area contributed by atoms with E-state index in [4.69, 9.17) is 0 Å². The van der Waals surface area contributed by atoms with Crippen molar-refractivity contribution in [3.63, 3.8) is 0 Å². The van der Waals surface area contributed by atoms with Gasteiger partial charge in [0.25, 0.3) is 0 Å². The summed E-state index contributed by atoms with van der Waals surface area (Å²) in [6.07, 6.45) is 6.44.